The summed E-state index contributed by atoms with van der Waals surface area (Å²) >= 11 is 1.04. The van der Waals surface area contributed by atoms with E-state index in [1.54, 1.807) is 12.1 Å². The highest BCUT2D eigenvalue weighted by molar-refractivity contribution is 8.76. The molecule has 6 N–H and O–H groups in total. The minimum atomic E-state index is -5.03. The van der Waals surface area contributed by atoms with Gasteiger partial charge in [-0.1, -0.05) is 33.7 Å². The number of nitrogens with zero attached hydrogens (tertiary/aromatic N) is 4. The Morgan fingerprint density at radius 1 is 0.477 bits per heavy atom. The predicted molar refractivity (Wildman–Crippen MR) is 240 cm³/mol. The van der Waals surface area contributed by atoms with Gasteiger partial charge < -0.3 is 14.4 Å². The normalized spacial score (nSPS) is 13.1. The standard InChI is InChI=1S/C36H30N4O17S8/c41-35-31(64(51,52)53)19-21-17-27(62(45,46)47)9-11-29(21)33(35)39-37-23-1-5-25(6-2-23)60-57-13-14-58-59-15-16-61(43,44)26-7-3-24(4-8-26)38-40-34-30-12-10-28(63(48,49)50)18-22(30)20-32(36(34)42)65(54,55)56/h1-12,17-20,41-42H,13-16H2,(H,45,46,47)(H,48,49,50)(H,51,52,53)(H,54,55,56)/b39-37+,40-38+. The van der Waals surface area contributed by atoms with Crippen molar-refractivity contribution >= 4 is 128 Å². The van der Waals surface area contributed by atoms with Crippen molar-refractivity contribution in [3.63, 3.8) is 0 Å². The molecule has 0 fully saturated rings. The fourth-order valence-corrected chi connectivity index (χ4v) is 12.4. The van der Waals surface area contributed by atoms with Crippen molar-refractivity contribution in [1.82, 2.24) is 0 Å². The highest BCUT2D eigenvalue weighted by atomic mass is 33.1. The molecule has 0 bridgehead atoms. The molecule has 65 heavy (non-hydrogen) atoms. The first-order valence-electron chi connectivity index (χ1n) is 17.6. The van der Waals surface area contributed by atoms with Gasteiger partial charge in [0, 0.05) is 39.2 Å². The molecule has 0 aliphatic heterocycles. The number of hydrogen-bond donors (Lipinski definition) is 6. The van der Waals surface area contributed by atoms with Crippen LogP contribution in [0.5, 0.6) is 11.5 Å². The molecule has 0 atom stereocenters. The van der Waals surface area contributed by atoms with Gasteiger partial charge in [-0.2, -0.15) is 43.9 Å². The fourth-order valence-electron chi connectivity index (χ4n) is 5.64. The van der Waals surface area contributed by atoms with Crippen LogP contribution in [0, 0.1) is 0 Å². The quantitative estimate of drug-likeness (QED) is 0.0156. The molecule has 6 aromatic rings. The number of aromatic hydroxyl groups is 2. The summed E-state index contributed by atoms with van der Waals surface area (Å²) in [5.41, 5.74) is -0.499. The van der Waals surface area contributed by atoms with Crippen molar-refractivity contribution in [2.75, 3.05) is 23.9 Å². The van der Waals surface area contributed by atoms with Gasteiger partial charge in [0.05, 0.1) is 38.4 Å². The molecule has 344 valence electrons. The van der Waals surface area contributed by atoms with E-state index in [1.165, 1.54) is 64.1 Å². The maximum atomic E-state index is 13.0. The van der Waals surface area contributed by atoms with E-state index in [4.69, 9.17) is 4.18 Å². The Kier molecular flexibility index (Phi) is 15.0. The summed E-state index contributed by atoms with van der Waals surface area (Å²) in [7, 11) is -20.4. The van der Waals surface area contributed by atoms with Gasteiger partial charge in [0.1, 0.15) is 21.2 Å². The molecule has 6 rings (SSSR count). The number of benzene rings is 6. The van der Waals surface area contributed by atoms with E-state index in [9.17, 15) is 70.5 Å². The lowest BCUT2D eigenvalue weighted by molar-refractivity contribution is 0.406. The highest BCUT2D eigenvalue weighted by Gasteiger charge is 2.25. The molecule has 29 heteroatoms. The second-order valence-corrected chi connectivity index (χ2v) is 24.4. The Morgan fingerprint density at radius 3 is 1.32 bits per heavy atom. The molecule has 0 saturated carbocycles. The van der Waals surface area contributed by atoms with Gasteiger partial charge in [-0.25, -0.2) is 8.42 Å². The Morgan fingerprint density at radius 2 is 0.892 bits per heavy atom. The van der Waals surface area contributed by atoms with Crippen LogP contribution in [0.25, 0.3) is 21.5 Å². The number of fused-ring (bicyclic) bond motifs is 2. The third-order valence-corrected chi connectivity index (χ3v) is 17.2. The summed E-state index contributed by atoms with van der Waals surface area (Å²) in [6.45, 7) is 0.279. The predicted octanol–water partition coefficient (Wildman–Crippen LogP) is 8.10. The largest absolute Gasteiger partial charge is 0.504 e. The Balaban J connectivity index is 0.982. The Labute approximate surface area is 382 Å². The van der Waals surface area contributed by atoms with E-state index in [0.29, 0.717) is 10.6 Å². The van der Waals surface area contributed by atoms with Crippen LogP contribution in [0.4, 0.5) is 22.7 Å². The van der Waals surface area contributed by atoms with Crippen molar-refractivity contribution in [2.45, 2.75) is 29.4 Å². The minimum absolute atomic E-state index is 0.0109. The zero-order valence-corrected chi connectivity index (χ0v) is 38.8. The molecule has 0 radical (unpaired) electrons. The average molecular weight is 1050 g/mol. The third kappa shape index (κ3) is 12.4. The monoisotopic (exact) mass is 1050 g/mol. The summed E-state index contributed by atoms with van der Waals surface area (Å²) < 4.78 is 164. The first kappa shape index (κ1) is 49.7. The molecule has 0 saturated heterocycles. The molecule has 0 spiro atoms. The molecule has 6 aromatic carbocycles. The summed E-state index contributed by atoms with van der Waals surface area (Å²) in [5.74, 6) is -1.42. The van der Waals surface area contributed by atoms with E-state index < -0.39 is 92.8 Å². The molecule has 0 aromatic heterocycles. The molecular formula is C36H30N4O17S8. The van der Waals surface area contributed by atoms with E-state index >= 15 is 0 Å². The van der Waals surface area contributed by atoms with Crippen LogP contribution in [0.3, 0.4) is 0 Å². The van der Waals surface area contributed by atoms with Crippen molar-refractivity contribution < 1.29 is 74.7 Å². The lowest BCUT2D eigenvalue weighted by Gasteiger charge is -2.09. The van der Waals surface area contributed by atoms with E-state index in [-0.39, 0.29) is 55.9 Å². The fraction of sp³-hybridized carbons (Fsp3) is 0.111. The van der Waals surface area contributed by atoms with E-state index in [0.717, 1.165) is 54.5 Å². The van der Waals surface area contributed by atoms with Gasteiger partial charge in [-0.3, -0.25) is 18.2 Å². The average Bonchev–Trinajstić information content (AvgIpc) is 3.22. The zero-order valence-electron chi connectivity index (χ0n) is 32.3. The van der Waals surface area contributed by atoms with Gasteiger partial charge in [-0.05, 0) is 95.7 Å². The lowest BCUT2D eigenvalue weighted by Crippen LogP contribution is -2.08. The van der Waals surface area contributed by atoms with Crippen molar-refractivity contribution in [1.29, 1.82) is 0 Å². The Hall–Kier alpha value is -4.76. The number of phenols is 2. The van der Waals surface area contributed by atoms with Crippen LogP contribution in [-0.2, 0) is 54.5 Å². The summed E-state index contributed by atoms with van der Waals surface area (Å²) in [6.07, 6.45) is 0. The number of phenolic OH excluding ortho intramolecular Hbond substituents is 2. The molecular weight excluding hydrogens is 1020 g/mol. The number of rotatable bonds is 18. The second kappa shape index (κ2) is 19.6. The highest BCUT2D eigenvalue weighted by Crippen LogP contribution is 2.43. The number of azo groups is 2. The van der Waals surface area contributed by atoms with Crippen molar-refractivity contribution in [2.24, 2.45) is 20.5 Å². The van der Waals surface area contributed by atoms with Gasteiger partial charge in [0.15, 0.2) is 21.3 Å². The molecule has 0 aliphatic carbocycles. The first-order chi connectivity index (χ1) is 30.3. The lowest BCUT2D eigenvalue weighted by atomic mass is 10.1. The van der Waals surface area contributed by atoms with Crippen LogP contribution in [0.1, 0.15) is 0 Å². The number of hydrogen-bond acceptors (Lipinski definition) is 20. The van der Waals surface area contributed by atoms with E-state index in [1.807, 2.05) is 0 Å². The van der Waals surface area contributed by atoms with Crippen LogP contribution in [0.15, 0.2) is 147 Å². The zero-order chi connectivity index (χ0) is 47.5. The second-order valence-electron chi connectivity index (χ2n) is 13.1. The summed E-state index contributed by atoms with van der Waals surface area (Å²) in [4.78, 5) is -2.48. The number of sulfone groups is 1. The first-order valence-corrected chi connectivity index (χ1v) is 28.3. The molecule has 0 amide bonds. The molecule has 0 unspecified atom stereocenters. The molecule has 0 heterocycles. The van der Waals surface area contributed by atoms with E-state index in [2.05, 4.69) is 20.5 Å². The van der Waals surface area contributed by atoms with Gasteiger partial charge in [0.2, 0.25) is 0 Å². The molecule has 21 nitrogen and oxygen atoms in total. The van der Waals surface area contributed by atoms with Crippen LogP contribution in [0.2, 0.25) is 0 Å². The SMILES string of the molecule is O=S(=O)(O)c1ccc2c(/N=N/c3ccc(SOCCSSCCS(=O)(=O)c4ccc(/N=N/c5c(O)c(S(=O)(=O)O)cc6cc(S(=O)(=O)O)ccc56)cc4)cc3)c(O)c(S(=O)(=O)O)cc2c1. The summed E-state index contributed by atoms with van der Waals surface area (Å²) in [6, 6.07) is 19.3. The maximum absolute atomic E-state index is 13.0. The minimum Gasteiger partial charge on any atom is -0.504 e. The summed E-state index contributed by atoms with van der Waals surface area (Å²) in [5, 5.41) is 36.9. The molecule has 0 aliphatic rings. The maximum Gasteiger partial charge on any atom is 0.298 e. The van der Waals surface area contributed by atoms with Crippen molar-refractivity contribution in [3.8, 4) is 11.5 Å². The van der Waals surface area contributed by atoms with Crippen LogP contribution >= 0.6 is 33.6 Å². The Bertz CT molecular complexity index is 3460. The van der Waals surface area contributed by atoms with Gasteiger partial charge in [-0.15, -0.1) is 10.2 Å². The van der Waals surface area contributed by atoms with Crippen LogP contribution < -0.4 is 0 Å². The van der Waals surface area contributed by atoms with Gasteiger partial charge >= 0.3 is 0 Å². The third-order valence-electron chi connectivity index (χ3n) is 8.68. The topological polar surface area (TPSA) is 351 Å². The van der Waals surface area contributed by atoms with Crippen molar-refractivity contribution in [3.05, 3.63) is 97.1 Å². The smallest absolute Gasteiger partial charge is 0.298 e. The van der Waals surface area contributed by atoms with Gasteiger partial charge in [0.25, 0.3) is 40.5 Å². The van der Waals surface area contributed by atoms with Crippen LogP contribution in [-0.4, -0.2) is 94.4 Å².